The molecule has 84 valence electrons. The summed E-state index contributed by atoms with van der Waals surface area (Å²) in [6.07, 6.45) is 0.753. The highest BCUT2D eigenvalue weighted by atomic mass is 35.5. The van der Waals surface area contributed by atoms with Crippen LogP contribution in [-0.4, -0.2) is 9.78 Å². The van der Waals surface area contributed by atoms with E-state index in [0.717, 1.165) is 17.8 Å². The molecule has 0 saturated carbocycles. The Hall–Kier alpha value is -1.19. The van der Waals surface area contributed by atoms with Crippen molar-refractivity contribution in [3.8, 4) is 5.69 Å². The van der Waals surface area contributed by atoms with Gasteiger partial charge in [0.1, 0.15) is 0 Å². The molecule has 1 N–H and O–H groups in total. The second kappa shape index (κ2) is 4.36. The lowest BCUT2D eigenvalue weighted by Crippen LogP contribution is -2.05. The SMILES string of the molecule is CCc1cc(=O)[nH]n1-c1cc(Cl)cc(Cl)c1. The molecule has 0 amide bonds. The van der Waals surface area contributed by atoms with E-state index in [4.69, 9.17) is 23.2 Å². The van der Waals surface area contributed by atoms with Crippen molar-refractivity contribution in [2.24, 2.45) is 0 Å². The van der Waals surface area contributed by atoms with Crippen molar-refractivity contribution in [2.75, 3.05) is 0 Å². The third kappa shape index (κ3) is 2.15. The summed E-state index contributed by atoms with van der Waals surface area (Å²) in [6.45, 7) is 1.98. The molecular weight excluding hydrogens is 247 g/mol. The second-order valence-electron chi connectivity index (χ2n) is 3.43. The molecule has 16 heavy (non-hydrogen) atoms. The van der Waals surface area contributed by atoms with E-state index in [2.05, 4.69) is 5.10 Å². The summed E-state index contributed by atoms with van der Waals surface area (Å²) in [5, 5.41) is 3.79. The fourth-order valence-corrected chi connectivity index (χ4v) is 2.10. The normalized spacial score (nSPS) is 10.7. The predicted molar refractivity (Wildman–Crippen MR) is 65.8 cm³/mol. The Morgan fingerprint density at radius 1 is 1.19 bits per heavy atom. The smallest absolute Gasteiger partial charge is 0.264 e. The van der Waals surface area contributed by atoms with Crippen molar-refractivity contribution in [1.29, 1.82) is 0 Å². The van der Waals surface area contributed by atoms with Gasteiger partial charge >= 0.3 is 0 Å². The van der Waals surface area contributed by atoms with E-state index in [1.807, 2.05) is 6.92 Å². The quantitative estimate of drug-likeness (QED) is 0.882. The molecule has 0 bridgehead atoms. The molecular formula is C11H10Cl2N2O. The number of halogens is 2. The van der Waals surface area contributed by atoms with Crippen LogP contribution in [0.5, 0.6) is 0 Å². The standard InChI is InChI=1S/C11H10Cl2N2O/c1-2-9-6-11(16)14-15(9)10-4-7(12)3-8(13)5-10/h3-6H,2H2,1H3,(H,14,16). The molecule has 0 aliphatic heterocycles. The predicted octanol–water partition coefficient (Wildman–Crippen LogP) is 3.03. The van der Waals surface area contributed by atoms with Gasteiger partial charge in [-0.25, -0.2) is 0 Å². The molecule has 0 spiro atoms. The minimum Gasteiger partial charge on any atom is -0.268 e. The Morgan fingerprint density at radius 2 is 1.81 bits per heavy atom. The van der Waals surface area contributed by atoms with E-state index in [-0.39, 0.29) is 5.56 Å². The summed E-state index contributed by atoms with van der Waals surface area (Å²) < 4.78 is 1.69. The van der Waals surface area contributed by atoms with Crippen LogP contribution in [0.25, 0.3) is 5.69 Å². The highest BCUT2D eigenvalue weighted by Gasteiger charge is 2.06. The Labute approximate surface area is 103 Å². The number of benzene rings is 1. The number of aryl methyl sites for hydroxylation is 1. The van der Waals surface area contributed by atoms with Crippen LogP contribution in [0.1, 0.15) is 12.6 Å². The molecule has 0 radical (unpaired) electrons. The molecule has 1 heterocycles. The summed E-state index contributed by atoms with van der Waals surface area (Å²) >= 11 is 11.8. The van der Waals surface area contributed by atoms with Crippen LogP contribution in [-0.2, 0) is 6.42 Å². The van der Waals surface area contributed by atoms with Gasteiger partial charge in [0.2, 0.25) is 0 Å². The van der Waals surface area contributed by atoms with Crippen molar-refractivity contribution in [3.63, 3.8) is 0 Å². The lowest BCUT2D eigenvalue weighted by Gasteiger charge is -2.07. The van der Waals surface area contributed by atoms with Crippen LogP contribution < -0.4 is 5.56 Å². The Morgan fingerprint density at radius 3 is 2.38 bits per heavy atom. The minimum atomic E-state index is -0.132. The molecule has 0 fully saturated rings. The number of rotatable bonds is 2. The van der Waals surface area contributed by atoms with E-state index in [1.54, 1.807) is 28.9 Å². The molecule has 1 aromatic carbocycles. The average molecular weight is 257 g/mol. The van der Waals surface area contributed by atoms with Gasteiger partial charge in [0.05, 0.1) is 5.69 Å². The van der Waals surface area contributed by atoms with Crippen LogP contribution >= 0.6 is 23.2 Å². The van der Waals surface area contributed by atoms with E-state index in [0.29, 0.717) is 10.0 Å². The van der Waals surface area contributed by atoms with Gasteiger partial charge in [-0.15, -0.1) is 0 Å². The van der Waals surface area contributed by atoms with E-state index in [9.17, 15) is 4.79 Å². The van der Waals surface area contributed by atoms with Crippen LogP contribution in [0, 0.1) is 0 Å². The van der Waals surface area contributed by atoms with Crippen molar-refractivity contribution in [3.05, 3.63) is 50.4 Å². The highest BCUT2D eigenvalue weighted by molar-refractivity contribution is 6.34. The maximum atomic E-state index is 11.3. The number of hydrogen-bond donors (Lipinski definition) is 1. The summed E-state index contributed by atoms with van der Waals surface area (Å²) in [6, 6.07) is 6.72. The number of aromatic amines is 1. The molecule has 0 unspecified atom stereocenters. The molecule has 0 saturated heterocycles. The fraction of sp³-hybridized carbons (Fsp3) is 0.182. The van der Waals surface area contributed by atoms with Crippen molar-refractivity contribution >= 4 is 23.2 Å². The Kier molecular flexibility index (Phi) is 3.08. The molecule has 0 aliphatic rings. The first-order chi connectivity index (χ1) is 7.60. The zero-order chi connectivity index (χ0) is 11.7. The molecule has 3 nitrogen and oxygen atoms in total. The number of hydrogen-bond acceptors (Lipinski definition) is 1. The maximum Gasteiger partial charge on any atom is 0.264 e. The van der Waals surface area contributed by atoms with Gasteiger partial charge in [-0.3, -0.25) is 14.6 Å². The zero-order valence-electron chi connectivity index (χ0n) is 8.63. The summed E-state index contributed by atoms with van der Waals surface area (Å²) in [5.41, 5.74) is 1.52. The number of nitrogens with zero attached hydrogens (tertiary/aromatic N) is 1. The molecule has 2 aromatic rings. The van der Waals surface area contributed by atoms with Crippen LogP contribution in [0.2, 0.25) is 10.0 Å². The summed E-state index contributed by atoms with van der Waals surface area (Å²) in [4.78, 5) is 11.3. The third-order valence-corrected chi connectivity index (χ3v) is 2.71. The van der Waals surface area contributed by atoms with Gasteiger partial charge in [-0.05, 0) is 24.6 Å². The maximum absolute atomic E-state index is 11.3. The van der Waals surface area contributed by atoms with Gasteiger partial charge in [-0.1, -0.05) is 30.1 Å². The summed E-state index contributed by atoms with van der Waals surface area (Å²) in [7, 11) is 0. The van der Waals surface area contributed by atoms with Gasteiger partial charge < -0.3 is 0 Å². The highest BCUT2D eigenvalue weighted by Crippen LogP contribution is 2.21. The molecule has 2 rings (SSSR count). The van der Waals surface area contributed by atoms with Crippen molar-refractivity contribution < 1.29 is 0 Å². The monoisotopic (exact) mass is 256 g/mol. The topological polar surface area (TPSA) is 37.8 Å². The fourth-order valence-electron chi connectivity index (χ4n) is 1.59. The minimum absolute atomic E-state index is 0.132. The molecule has 0 atom stereocenters. The Bertz CT molecular complexity index is 551. The number of nitrogens with one attached hydrogen (secondary N) is 1. The van der Waals surface area contributed by atoms with Crippen LogP contribution in [0.3, 0.4) is 0 Å². The first kappa shape index (κ1) is 11.3. The van der Waals surface area contributed by atoms with Crippen molar-refractivity contribution in [2.45, 2.75) is 13.3 Å². The van der Waals surface area contributed by atoms with Gasteiger partial charge in [0.15, 0.2) is 0 Å². The number of H-pyrrole nitrogens is 1. The van der Waals surface area contributed by atoms with Gasteiger partial charge in [-0.2, -0.15) is 0 Å². The summed E-state index contributed by atoms with van der Waals surface area (Å²) in [5.74, 6) is 0. The second-order valence-corrected chi connectivity index (χ2v) is 4.30. The molecule has 1 aromatic heterocycles. The van der Waals surface area contributed by atoms with Crippen molar-refractivity contribution in [1.82, 2.24) is 9.78 Å². The lowest BCUT2D eigenvalue weighted by atomic mass is 10.3. The van der Waals surface area contributed by atoms with E-state index in [1.165, 1.54) is 0 Å². The average Bonchev–Trinajstić information content (AvgIpc) is 2.58. The van der Waals surface area contributed by atoms with E-state index >= 15 is 0 Å². The van der Waals surface area contributed by atoms with Crippen LogP contribution in [0.4, 0.5) is 0 Å². The lowest BCUT2D eigenvalue weighted by molar-refractivity contribution is 0.805. The molecule has 5 heteroatoms. The first-order valence-electron chi connectivity index (χ1n) is 4.87. The Balaban J connectivity index is 2.61. The molecule has 0 aliphatic carbocycles. The van der Waals surface area contributed by atoms with E-state index < -0.39 is 0 Å². The largest absolute Gasteiger partial charge is 0.268 e. The van der Waals surface area contributed by atoms with Gasteiger partial charge in [0, 0.05) is 21.8 Å². The first-order valence-corrected chi connectivity index (χ1v) is 5.63. The number of aromatic nitrogens is 2. The van der Waals surface area contributed by atoms with Gasteiger partial charge in [0.25, 0.3) is 5.56 Å². The van der Waals surface area contributed by atoms with Crippen LogP contribution in [0.15, 0.2) is 29.1 Å². The third-order valence-electron chi connectivity index (χ3n) is 2.27. The zero-order valence-corrected chi connectivity index (χ0v) is 10.1.